The Kier molecular flexibility index (Phi) is 5.14. The molecule has 0 aromatic heterocycles. The van der Waals surface area contributed by atoms with Crippen LogP contribution < -0.4 is 0 Å². The van der Waals surface area contributed by atoms with Crippen LogP contribution >= 0.6 is 0 Å². The molecule has 0 saturated carbocycles. The molecule has 0 heterocycles. The van der Waals surface area contributed by atoms with Crippen LogP contribution in [-0.2, 0) is 5.41 Å². The molecule has 0 amide bonds. The molecule has 0 aliphatic heterocycles. The third-order valence-corrected chi connectivity index (χ3v) is 6.57. The summed E-state index contributed by atoms with van der Waals surface area (Å²) in [6.45, 7) is 3.90. The van der Waals surface area contributed by atoms with Gasteiger partial charge in [0.05, 0.1) is 5.41 Å². The molecule has 4 aromatic carbocycles. The Morgan fingerprint density at radius 2 is 1.00 bits per heavy atom. The maximum absolute atomic E-state index is 10.5. The van der Waals surface area contributed by atoms with Crippen LogP contribution in [0.4, 0.5) is 0 Å². The lowest BCUT2D eigenvalue weighted by molar-refractivity contribution is 0.473. The molecule has 5 rings (SSSR count). The molecule has 2 N–H and O–H groups in total. The highest BCUT2D eigenvalue weighted by molar-refractivity contribution is 5.86. The van der Waals surface area contributed by atoms with Crippen LogP contribution in [0.15, 0.2) is 97.1 Å². The maximum atomic E-state index is 10.5. The fourth-order valence-electron chi connectivity index (χ4n) is 5.23. The van der Waals surface area contributed by atoms with Crippen molar-refractivity contribution in [2.75, 3.05) is 0 Å². The van der Waals surface area contributed by atoms with Gasteiger partial charge < -0.3 is 10.2 Å². The third kappa shape index (κ3) is 3.10. The predicted octanol–water partition coefficient (Wildman–Crippen LogP) is 7.53. The first-order chi connectivity index (χ1) is 16.1. The summed E-state index contributed by atoms with van der Waals surface area (Å²) in [5.41, 5.74) is 7.92. The number of phenolic OH excluding ortho intramolecular Hbond substituents is 2. The third-order valence-electron chi connectivity index (χ3n) is 6.57. The highest BCUT2D eigenvalue weighted by atomic mass is 16.3. The highest BCUT2D eigenvalue weighted by Crippen LogP contribution is 2.56. The van der Waals surface area contributed by atoms with Crippen LogP contribution in [0.1, 0.15) is 47.2 Å². The maximum Gasteiger partial charge on any atom is 0.122 e. The van der Waals surface area contributed by atoms with Gasteiger partial charge in [-0.15, -0.1) is 0 Å². The lowest BCUT2D eigenvalue weighted by Crippen LogP contribution is -2.28. The lowest BCUT2D eigenvalue weighted by atomic mass is 9.67. The minimum Gasteiger partial charge on any atom is -0.507 e. The molecule has 2 heteroatoms. The van der Waals surface area contributed by atoms with Crippen LogP contribution in [0.5, 0.6) is 11.5 Å². The Hall–Kier alpha value is -4.04. The van der Waals surface area contributed by atoms with Crippen molar-refractivity contribution in [3.63, 3.8) is 0 Å². The summed E-state index contributed by atoms with van der Waals surface area (Å²) in [7, 11) is 0. The number of phenols is 2. The second kappa shape index (κ2) is 8.14. The molecule has 0 radical (unpaired) electrons. The Morgan fingerprint density at radius 3 is 1.42 bits per heavy atom. The minimum atomic E-state index is -0.582. The Balaban J connectivity index is 1.94. The lowest BCUT2D eigenvalue weighted by Gasteiger charge is -2.34. The molecule has 0 bridgehead atoms. The smallest absolute Gasteiger partial charge is 0.122 e. The molecule has 162 valence electrons. The first-order valence-corrected chi connectivity index (χ1v) is 11.2. The van der Waals surface area contributed by atoms with Gasteiger partial charge in [-0.2, -0.15) is 0 Å². The van der Waals surface area contributed by atoms with E-state index in [2.05, 4.69) is 60.7 Å². The van der Waals surface area contributed by atoms with Gasteiger partial charge >= 0.3 is 0 Å². The molecule has 1 aliphatic rings. The van der Waals surface area contributed by atoms with E-state index in [1.165, 1.54) is 22.3 Å². The summed E-state index contributed by atoms with van der Waals surface area (Å²) >= 11 is 0. The molecular formula is C31H26O2. The minimum absolute atomic E-state index is 0.256. The first-order valence-electron chi connectivity index (χ1n) is 11.2. The van der Waals surface area contributed by atoms with E-state index >= 15 is 0 Å². The molecule has 33 heavy (non-hydrogen) atoms. The predicted molar refractivity (Wildman–Crippen MR) is 136 cm³/mol. The molecule has 4 aromatic rings. The van der Waals surface area contributed by atoms with Gasteiger partial charge in [-0.1, -0.05) is 85.0 Å². The number of allylic oxidation sites excluding steroid dienone is 2. The first kappa shape index (κ1) is 20.8. The van der Waals surface area contributed by atoms with E-state index in [1.807, 2.05) is 50.3 Å². The number of hydrogen-bond donors (Lipinski definition) is 2. The van der Waals surface area contributed by atoms with Crippen molar-refractivity contribution in [2.24, 2.45) is 0 Å². The van der Waals surface area contributed by atoms with E-state index in [0.29, 0.717) is 0 Å². The fraction of sp³-hybridized carbons (Fsp3) is 0.0968. The quantitative estimate of drug-likeness (QED) is 0.309. The molecule has 0 spiro atoms. The van der Waals surface area contributed by atoms with E-state index in [0.717, 1.165) is 22.3 Å². The van der Waals surface area contributed by atoms with Crippen molar-refractivity contribution < 1.29 is 10.2 Å². The SMILES string of the molecule is CC=Cc1cc(C2(c3ccc(O)c(C=CC)c3)c3ccccc3-c3ccccc32)ccc1O. The van der Waals surface area contributed by atoms with Crippen molar-refractivity contribution in [1.29, 1.82) is 0 Å². The van der Waals surface area contributed by atoms with E-state index in [9.17, 15) is 10.2 Å². The summed E-state index contributed by atoms with van der Waals surface area (Å²) in [5, 5.41) is 21.0. The standard InChI is InChI=1S/C31H26O2/c1-3-9-21-19-23(15-17-29(21)32)31(24-16-18-30(33)22(20-24)10-4-2)27-13-7-5-11-25(27)26-12-6-8-14-28(26)31/h3-20,32-33H,1-2H3. The second-order valence-electron chi connectivity index (χ2n) is 8.39. The van der Waals surface area contributed by atoms with Crippen molar-refractivity contribution in [3.05, 3.63) is 130 Å². The van der Waals surface area contributed by atoms with Gasteiger partial charge in [-0.3, -0.25) is 0 Å². The average Bonchev–Trinajstić information content (AvgIpc) is 3.14. The Labute approximate surface area is 194 Å². The van der Waals surface area contributed by atoms with E-state index in [-0.39, 0.29) is 11.5 Å². The summed E-state index contributed by atoms with van der Waals surface area (Å²) in [4.78, 5) is 0. The molecule has 0 fully saturated rings. The zero-order valence-electron chi connectivity index (χ0n) is 18.8. The van der Waals surface area contributed by atoms with Gasteiger partial charge in [0.25, 0.3) is 0 Å². The number of rotatable bonds is 4. The van der Waals surface area contributed by atoms with Crippen molar-refractivity contribution >= 4 is 12.2 Å². The fourth-order valence-corrected chi connectivity index (χ4v) is 5.23. The van der Waals surface area contributed by atoms with Gasteiger partial charge in [-0.25, -0.2) is 0 Å². The number of benzene rings is 4. The van der Waals surface area contributed by atoms with Crippen LogP contribution in [0, 0.1) is 0 Å². The van der Waals surface area contributed by atoms with Gasteiger partial charge in [0.1, 0.15) is 11.5 Å². The largest absolute Gasteiger partial charge is 0.507 e. The monoisotopic (exact) mass is 430 g/mol. The van der Waals surface area contributed by atoms with Crippen LogP contribution in [-0.4, -0.2) is 10.2 Å². The van der Waals surface area contributed by atoms with Crippen molar-refractivity contribution in [1.82, 2.24) is 0 Å². The number of aromatic hydroxyl groups is 2. The topological polar surface area (TPSA) is 40.5 Å². The average molecular weight is 431 g/mol. The summed E-state index contributed by atoms with van der Waals surface area (Å²) < 4.78 is 0. The highest BCUT2D eigenvalue weighted by Gasteiger charge is 2.46. The van der Waals surface area contributed by atoms with Gasteiger partial charge in [0.2, 0.25) is 0 Å². The van der Waals surface area contributed by atoms with Crippen LogP contribution in [0.2, 0.25) is 0 Å². The van der Waals surface area contributed by atoms with Crippen LogP contribution in [0.3, 0.4) is 0 Å². The molecule has 2 nitrogen and oxygen atoms in total. The molecule has 0 unspecified atom stereocenters. The zero-order valence-corrected chi connectivity index (χ0v) is 18.8. The second-order valence-corrected chi connectivity index (χ2v) is 8.39. The number of hydrogen-bond acceptors (Lipinski definition) is 2. The van der Waals surface area contributed by atoms with Crippen molar-refractivity contribution in [3.8, 4) is 22.6 Å². The molecule has 0 saturated heterocycles. The van der Waals surface area contributed by atoms with Gasteiger partial charge in [0.15, 0.2) is 0 Å². The summed E-state index contributed by atoms with van der Waals surface area (Å²) in [6.07, 6.45) is 7.74. The summed E-state index contributed by atoms with van der Waals surface area (Å²) in [6, 6.07) is 28.8. The van der Waals surface area contributed by atoms with Crippen LogP contribution in [0.25, 0.3) is 23.3 Å². The van der Waals surface area contributed by atoms with E-state index in [4.69, 9.17) is 0 Å². The molecule has 0 atom stereocenters. The van der Waals surface area contributed by atoms with Gasteiger partial charge in [0, 0.05) is 11.1 Å². The van der Waals surface area contributed by atoms with E-state index < -0.39 is 5.41 Å². The molecule has 1 aliphatic carbocycles. The van der Waals surface area contributed by atoms with Crippen molar-refractivity contribution in [2.45, 2.75) is 19.3 Å². The Morgan fingerprint density at radius 1 is 0.576 bits per heavy atom. The zero-order chi connectivity index (χ0) is 23.0. The molecular weight excluding hydrogens is 404 g/mol. The Bertz CT molecular complexity index is 1300. The normalized spacial score (nSPS) is 14.0. The summed E-state index contributed by atoms with van der Waals surface area (Å²) in [5.74, 6) is 0.513. The number of fused-ring (bicyclic) bond motifs is 3. The van der Waals surface area contributed by atoms with E-state index in [1.54, 1.807) is 12.1 Å². The van der Waals surface area contributed by atoms with Gasteiger partial charge in [-0.05, 0) is 71.5 Å².